The minimum atomic E-state index is -0.294. The molecule has 0 spiro atoms. The molecule has 7 nitrogen and oxygen atoms in total. The molecule has 0 atom stereocenters. The van der Waals surface area contributed by atoms with Gasteiger partial charge < -0.3 is 9.47 Å². The van der Waals surface area contributed by atoms with Crippen LogP contribution < -0.4 is 15.0 Å². The van der Waals surface area contributed by atoms with E-state index < -0.39 is 0 Å². The normalized spacial score (nSPS) is 11.3. The largest absolute Gasteiger partial charge is 0.496 e. The maximum Gasteiger partial charge on any atom is 0.282 e. The number of aromatic nitrogens is 2. The van der Waals surface area contributed by atoms with Gasteiger partial charge in [-0.05, 0) is 81.9 Å². The minimum absolute atomic E-state index is 0.132. The van der Waals surface area contributed by atoms with Crippen LogP contribution in [-0.4, -0.2) is 29.6 Å². The van der Waals surface area contributed by atoms with Crippen molar-refractivity contribution in [3.63, 3.8) is 0 Å². The number of ether oxygens (including phenoxy) is 2. The molecule has 0 unspecified atom stereocenters. The second-order valence-corrected chi connectivity index (χ2v) is 9.90. The van der Waals surface area contributed by atoms with Crippen molar-refractivity contribution < 1.29 is 9.47 Å². The highest BCUT2D eigenvalue weighted by atomic mass is 79.9. The molecule has 0 aliphatic carbocycles. The average Bonchev–Trinajstić information content (AvgIpc) is 2.87. The van der Waals surface area contributed by atoms with E-state index in [0.29, 0.717) is 37.5 Å². The van der Waals surface area contributed by atoms with Gasteiger partial charge in [-0.25, -0.2) is 4.98 Å². The average molecular weight is 580 g/mol. The molecule has 0 fully saturated rings. The molecule has 3 aromatic carbocycles. The van der Waals surface area contributed by atoms with E-state index in [1.165, 1.54) is 10.9 Å². The van der Waals surface area contributed by atoms with Crippen molar-refractivity contribution in [1.29, 1.82) is 5.26 Å². The van der Waals surface area contributed by atoms with Gasteiger partial charge in [0.1, 0.15) is 11.8 Å². The fraction of sp³-hybridized carbons (Fsp3) is 0.214. The number of hydrogen-bond donors (Lipinski definition) is 0. The first-order valence-electron chi connectivity index (χ1n) is 11.5. The maximum atomic E-state index is 13.6. The molecule has 9 heteroatoms. The van der Waals surface area contributed by atoms with Crippen molar-refractivity contribution >= 4 is 44.6 Å². The fourth-order valence-corrected chi connectivity index (χ4v) is 4.98. The predicted molar refractivity (Wildman–Crippen MR) is 150 cm³/mol. The fourth-order valence-electron chi connectivity index (χ4n) is 3.99. The van der Waals surface area contributed by atoms with Crippen LogP contribution >= 0.6 is 27.5 Å². The van der Waals surface area contributed by atoms with Crippen molar-refractivity contribution in [2.75, 3.05) is 13.7 Å². The van der Waals surface area contributed by atoms with E-state index in [2.05, 4.69) is 34.9 Å². The van der Waals surface area contributed by atoms with Crippen LogP contribution in [0.4, 0.5) is 0 Å². The highest BCUT2D eigenvalue weighted by Crippen LogP contribution is 2.35. The van der Waals surface area contributed by atoms with Crippen molar-refractivity contribution in [3.8, 4) is 29.0 Å². The summed E-state index contributed by atoms with van der Waals surface area (Å²) in [5.41, 5.74) is 3.60. The lowest BCUT2D eigenvalue weighted by Crippen LogP contribution is -2.20. The molecule has 1 aromatic heterocycles. The Morgan fingerprint density at radius 3 is 2.68 bits per heavy atom. The van der Waals surface area contributed by atoms with Gasteiger partial charge in [-0.2, -0.15) is 15.0 Å². The Balaban J connectivity index is 1.92. The van der Waals surface area contributed by atoms with Gasteiger partial charge in [0, 0.05) is 5.56 Å². The number of benzene rings is 3. The van der Waals surface area contributed by atoms with E-state index in [1.807, 2.05) is 37.3 Å². The number of fused-ring (bicyclic) bond motifs is 1. The third kappa shape index (κ3) is 5.38. The zero-order chi connectivity index (χ0) is 26.7. The summed E-state index contributed by atoms with van der Waals surface area (Å²) in [5.74, 6) is 1.76. The maximum absolute atomic E-state index is 13.6. The van der Waals surface area contributed by atoms with E-state index in [-0.39, 0.29) is 18.1 Å². The number of para-hydroxylation sites is 1. The predicted octanol–water partition coefficient (Wildman–Crippen LogP) is 6.70. The van der Waals surface area contributed by atoms with E-state index in [1.54, 1.807) is 31.4 Å². The summed E-state index contributed by atoms with van der Waals surface area (Å²) in [6.45, 7) is 5.99. The second-order valence-electron chi connectivity index (χ2n) is 8.64. The van der Waals surface area contributed by atoms with Gasteiger partial charge in [0.15, 0.2) is 18.2 Å². The molecule has 0 aliphatic rings. The molecule has 0 radical (unpaired) electrons. The SMILES string of the molecule is COc1cc(C)c(-c2nc3ccccc3c(=O)n2N=Cc2cc(Cl)c(OCC#N)c(Br)c2)cc1C(C)C. The number of aryl methyl sites for hydroxylation is 1. The third-order valence-corrected chi connectivity index (χ3v) is 6.69. The minimum Gasteiger partial charge on any atom is -0.496 e. The summed E-state index contributed by atoms with van der Waals surface area (Å²) in [7, 11) is 1.65. The molecule has 188 valence electrons. The zero-order valence-electron chi connectivity index (χ0n) is 20.8. The molecule has 4 aromatic rings. The number of hydrogen-bond acceptors (Lipinski definition) is 6. The van der Waals surface area contributed by atoms with E-state index >= 15 is 0 Å². The lowest BCUT2D eigenvalue weighted by molar-refractivity contribution is 0.366. The van der Waals surface area contributed by atoms with Gasteiger partial charge in [-0.3, -0.25) is 4.79 Å². The first-order valence-corrected chi connectivity index (χ1v) is 12.7. The molecule has 0 N–H and O–H groups in total. The van der Waals surface area contributed by atoms with Gasteiger partial charge >= 0.3 is 0 Å². The summed E-state index contributed by atoms with van der Waals surface area (Å²) in [6, 6.07) is 16.5. The molecule has 1 heterocycles. The van der Waals surface area contributed by atoms with Crippen LogP contribution in [0.1, 0.15) is 36.5 Å². The third-order valence-electron chi connectivity index (χ3n) is 5.82. The first kappa shape index (κ1) is 26.4. The monoisotopic (exact) mass is 578 g/mol. The van der Waals surface area contributed by atoms with Gasteiger partial charge in [-0.1, -0.05) is 37.6 Å². The van der Waals surface area contributed by atoms with Crippen LogP contribution in [-0.2, 0) is 0 Å². The Labute approximate surface area is 228 Å². The highest BCUT2D eigenvalue weighted by molar-refractivity contribution is 9.10. The summed E-state index contributed by atoms with van der Waals surface area (Å²) in [6.07, 6.45) is 1.54. The summed E-state index contributed by atoms with van der Waals surface area (Å²) >= 11 is 9.79. The Morgan fingerprint density at radius 2 is 2.00 bits per heavy atom. The van der Waals surface area contributed by atoms with Crippen LogP contribution in [0.3, 0.4) is 0 Å². The van der Waals surface area contributed by atoms with Gasteiger partial charge in [0.25, 0.3) is 5.56 Å². The van der Waals surface area contributed by atoms with E-state index in [4.69, 9.17) is 31.3 Å². The summed E-state index contributed by atoms with van der Waals surface area (Å²) < 4.78 is 12.9. The molecule has 0 saturated carbocycles. The van der Waals surface area contributed by atoms with Crippen LogP contribution in [0.2, 0.25) is 5.02 Å². The summed E-state index contributed by atoms with van der Waals surface area (Å²) in [4.78, 5) is 18.4. The highest BCUT2D eigenvalue weighted by Gasteiger charge is 2.18. The topological polar surface area (TPSA) is 89.5 Å². The van der Waals surface area contributed by atoms with Crippen LogP contribution in [0.25, 0.3) is 22.3 Å². The Bertz CT molecular complexity index is 1600. The molecule has 0 saturated heterocycles. The zero-order valence-corrected chi connectivity index (χ0v) is 23.1. The van der Waals surface area contributed by atoms with Crippen molar-refractivity contribution in [2.24, 2.45) is 5.10 Å². The van der Waals surface area contributed by atoms with Crippen LogP contribution in [0.15, 0.2) is 62.9 Å². The number of rotatable bonds is 7. The van der Waals surface area contributed by atoms with Crippen LogP contribution in [0, 0.1) is 18.3 Å². The lowest BCUT2D eigenvalue weighted by atomic mass is 9.96. The quantitative estimate of drug-likeness (QED) is 0.227. The van der Waals surface area contributed by atoms with Crippen LogP contribution in [0.5, 0.6) is 11.5 Å². The Kier molecular flexibility index (Phi) is 7.96. The van der Waals surface area contributed by atoms with E-state index in [0.717, 1.165) is 22.4 Å². The number of halogens is 2. The van der Waals surface area contributed by atoms with E-state index in [9.17, 15) is 4.79 Å². The first-order chi connectivity index (χ1) is 17.7. The molecular formula is C28H24BrClN4O3. The molecule has 0 amide bonds. The molecule has 4 rings (SSSR count). The smallest absolute Gasteiger partial charge is 0.282 e. The van der Waals surface area contributed by atoms with Gasteiger partial charge in [0.05, 0.1) is 33.7 Å². The molecule has 0 aliphatic heterocycles. The van der Waals surface area contributed by atoms with Crippen molar-refractivity contribution in [1.82, 2.24) is 9.66 Å². The number of nitriles is 1. The molecular weight excluding hydrogens is 556 g/mol. The second kappa shape index (κ2) is 11.2. The van der Waals surface area contributed by atoms with Crippen molar-refractivity contribution in [2.45, 2.75) is 26.7 Å². The number of nitrogens with zero attached hydrogens (tertiary/aromatic N) is 4. The van der Waals surface area contributed by atoms with Gasteiger partial charge in [-0.15, -0.1) is 0 Å². The standard InChI is InChI=1S/C28H24BrClN4O3/c1-16(2)20-14-21(17(3)11-25(20)36-4)27-33-24-8-6-5-7-19(24)28(35)34(27)32-15-18-12-22(29)26(23(30)13-18)37-10-9-31/h5-8,11-16H,10H2,1-4H3. The van der Waals surface area contributed by atoms with Crippen molar-refractivity contribution in [3.05, 3.63) is 85.1 Å². The Hall–Kier alpha value is -3.67. The molecule has 0 bridgehead atoms. The van der Waals surface area contributed by atoms with Gasteiger partial charge in [0.2, 0.25) is 0 Å². The number of methoxy groups -OCH3 is 1. The lowest BCUT2D eigenvalue weighted by Gasteiger charge is -2.17. The summed E-state index contributed by atoms with van der Waals surface area (Å²) in [5, 5.41) is 14.1. The molecule has 37 heavy (non-hydrogen) atoms. The Morgan fingerprint density at radius 1 is 1.24 bits per heavy atom.